The molecule has 0 fully saturated rings. The molecule has 650 valence electrons. The average molecular weight is 2790 g/mol. The largest absolute Gasteiger partial charge is 2.00 e. The standard InChI is InChI=1S/2C16H36N.6C7H8.2C6H15P.4ClH.6Re.8S/c2*1-5-9-13-17(14-10-6-2,15-11-7-3)16-12-8-4;6*1-7-5-3-2-4-6-7;2*1-4-7(5-2)6-3;;;;;;;;;;;;;;;;;;/h2*5-16H2,1-4H3;6*2-6H,1H3;2*4-6H2,1-3H3;4*1H;;;;;;;;;;;;;;/q2*+1;;;;;;;;;;;;;;;;;;;8*-2/p-4. The Kier molecular flexibility index (Phi) is 212. The van der Waals surface area contributed by atoms with Gasteiger partial charge < -0.3 is 167 Å². The van der Waals surface area contributed by atoms with Gasteiger partial charge in [-0.15, -0.1) is 15.8 Å². The molecule has 0 heterocycles. The predicted molar refractivity (Wildman–Crippen MR) is 482 cm³/mol. The molecule has 22 heteroatoms. The van der Waals surface area contributed by atoms with Crippen molar-refractivity contribution in [1.29, 1.82) is 0 Å². The van der Waals surface area contributed by atoms with Gasteiger partial charge in [0.05, 0.1) is 52.4 Å². The normalized spacial score (nSPS) is 8.50. The molecule has 0 saturated heterocycles. The second-order valence-corrected chi connectivity index (χ2v) is 30.9. The van der Waals surface area contributed by atoms with Crippen LogP contribution in [0.2, 0.25) is 0 Å². The summed E-state index contributed by atoms with van der Waals surface area (Å²) >= 11 is 0. The van der Waals surface area contributed by atoms with E-state index in [0.29, 0.717) is 15.8 Å². The molecule has 0 spiro atoms. The second kappa shape index (κ2) is 134. The van der Waals surface area contributed by atoms with Crippen molar-refractivity contribution < 1.29 is 181 Å². The minimum Gasteiger partial charge on any atom is -2.00 e. The molecule has 0 bridgehead atoms. The number of benzene rings is 6. The van der Waals surface area contributed by atoms with Crippen LogP contribution in [0.15, 0.2) is 182 Å². The summed E-state index contributed by atoms with van der Waals surface area (Å²) in [7, 11) is 0.892. The van der Waals surface area contributed by atoms with Crippen molar-refractivity contribution in [2.75, 3.05) is 89.3 Å². The zero-order valence-corrected chi connectivity index (χ0v) is 98.0. The predicted octanol–water partition coefficient (Wildman–Crippen LogP) is 15.0. The summed E-state index contributed by atoms with van der Waals surface area (Å²) in [6.45, 7) is 56.3. The van der Waals surface area contributed by atoms with Crippen LogP contribution in [0.1, 0.15) is 233 Å². The first-order valence-corrected chi connectivity index (χ1v) is 40.6. The smallest absolute Gasteiger partial charge is 0.0786 e. The molecule has 0 amide bonds. The Morgan fingerprint density at radius 2 is 0.278 bits per heavy atom. The van der Waals surface area contributed by atoms with Crippen LogP contribution in [0.3, 0.4) is 0 Å². The van der Waals surface area contributed by atoms with Crippen molar-refractivity contribution in [1.82, 2.24) is 0 Å². The Balaban J connectivity index is -0.0000000381. The van der Waals surface area contributed by atoms with E-state index in [4.69, 9.17) is 0 Å². The van der Waals surface area contributed by atoms with Crippen LogP contribution in [0.4, 0.5) is 0 Å². The number of unbranched alkanes of at least 4 members (excludes halogenated alkanes) is 8. The third-order valence-corrected chi connectivity index (χ3v) is 21.6. The maximum absolute atomic E-state index is 2.33. The van der Waals surface area contributed by atoms with E-state index >= 15 is 0 Å². The Labute approximate surface area is 840 Å². The van der Waals surface area contributed by atoms with Crippen molar-refractivity contribution in [2.24, 2.45) is 0 Å². The topological polar surface area (TPSA) is 0 Å². The molecule has 6 aromatic carbocycles. The molecule has 0 saturated carbocycles. The maximum atomic E-state index is 2.33. The number of hydrogen-bond donors (Lipinski definition) is 0. The summed E-state index contributed by atoms with van der Waals surface area (Å²) in [4.78, 5) is 0. The van der Waals surface area contributed by atoms with Crippen LogP contribution in [0.5, 0.6) is 0 Å². The molecule has 2 nitrogen and oxygen atoms in total. The van der Waals surface area contributed by atoms with E-state index < -0.39 is 0 Å². The van der Waals surface area contributed by atoms with Crippen LogP contribution >= 0.6 is 15.8 Å². The second-order valence-electron chi connectivity index (χ2n) is 24.5. The van der Waals surface area contributed by atoms with E-state index in [9.17, 15) is 0 Å². The summed E-state index contributed by atoms with van der Waals surface area (Å²) in [5.74, 6) is 0. The summed E-state index contributed by atoms with van der Waals surface area (Å²) in [6, 6.07) is 61.6. The SMILES string of the molecule is CCCC[N+](CCCC)(CCCC)CCCC.CCCC[N+](CCCC)(CCCC)CCCC.CCP(CC)CC.CCP(CC)CC.Cc1ccccc1.Cc1ccccc1.Cc1ccccc1.Cc1ccccc1.Cc1ccccc1.Cc1ccccc1.[Cl-].[Cl-].[Cl-].[Cl-].[Re].[Re].[Re].[Re].[Re].[Re].[S-2].[S-2].[S-2].[S-2].[S-2].[S-2].[S-2].[S-2]. The summed E-state index contributed by atoms with van der Waals surface area (Å²) in [6.07, 6.45) is 30.6. The van der Waals surface area contributed by atoms with Crippen molar-refractivity contribution in [2.45, 2.75) is 241 Å². The van der Waals surface area contributed by atoms with E-state index in [0.717, 1.165) is 0 Å². The Hall–Kier alpha value is 4.03. The van der Waals surface area contributed by atoms with Crippen LogP contribution < -0.4 is 49.6 Å². The molecule has 108 heavy (non-hydrogen) atoms. The molecule has 6 aromatic rings. The molecule has 0 aliphatic rings. The first-order chi connectivity index (χ1) is 43.5. The van der Waals surface area contributed by atoms with Crippen molar-refractivity contribution in [3.05, 3.63) is 215 Å². The van der Waals surface area contributed by atoms with Crippen LogP contribution in [0.25, 0.3) is 0 Å². The van der Waals surface area contributed by atoms with E-state index in [1.807, 2.05) is 109 Å². The van der Waals surface area contributed by atoms with E-state index in [1.54, 1.807) is 0 Å². The van der Waals surface area contributed by atoms with E-state index in [-0.39, 0.29) is 280 Å². The first kappa shape index (κ1) is 170. The number of halogens is 4. The van der Waals surface area contributed by atoms with Gasteiger partial charge >= 0.3 is 0 Å². The van der Waals surface area contributed by atoms with E-state index in [2.05, 4.69) is 211 Å². The molecule has 0 N–H and O–H groups in total. The number of aryl methyl sites for hydroxylation is 6. The Bertz CT molecular complexity index is 1870. The Morgan fingerprint density at radius 1 is 0.185 bits per heavy atom. The quantitative estimate of drug-likeness (QED) is 0.0311. The molecule has 6 radical (unpaired) electrons. The molecule has 0 unspecified atom stereocenters. The molecular weight excluding hydrogens is 2640 g/mol. The molecule has 6 rings (SSSR count). The summed E-state index contributed by atoms with van der Waals surface area (Å²) < 4.78 is 2.84. The molecule has 0 aromatic heterocycles. The van der Waals surface area contributed by atoms with E-state index in [1.165, 1.54) is 234 Å². The molecular formula is C86H150Cl4N2P2Re6S8-18. The zero-order chi connectivity index (χ0) is 68.0. The number of rotatable bonds is 30. The monoisotopic (exact) mass is 2790 g/mol. The maximum Gasteiger partial charge on any atom is 0.0786 e. The molecule has 0 aliphatic carbocycles. The van der Waals surface area contributed by atoms with Gasteiger partial charge in [0.15, 0.2) is 0 Å². The van der Waals surface area contributed by atoms with Gasteiger partial charge in [-0.1, -0.05) is 364 Å². The van der Waals surface area contributed by atoms with Gasteiger partial charge in [0, 0.05) is 123 Å². The fourth-order valence-corrected chi connectivity index (χ4v) is 12.5. The zero-order valence-electron chi connectivity index (χ0n) is 70.4. The number of hydrogen-bond acceptors (Lipinski definition) is 0. The molecule has 0 atom stereocenters. The fraction of sp³-hybridized carbons (Fsp3) is 0.581. The minimum atomic E-state index is 0. The van der Waals surface area contributed by atoms with Gasteiger partial charge in [-0.05, 0) is 130 Å². The molecule has 0 aliphatic heterocycles. The van der Waals surface area contributed by atoms with Gasteiger partial charge in [0.25, 0.3) is 0 Å². The average Bonchev–Trinajstić information content (AvgIpc) is 0.880. The third kappa shape index (κ3) is 121. The van der Waals surface area contributed by atoms with Crippen molar-refractivity contribution in [3.8, 4) is 0 Å². The summed E-state index contributed by atoms with van der Waals surface area (Å²) in [5, 5.41) is 0. The summed E-state index contributed by atoms with van der Waals surface area (Å²) in [5.41, 5.74) is 7.93. The van der Waals surface area contributed by atoms with Gasteiger partial charge in [-0.25, -0.2) is 0 Å². The number of nitrogens with zero attached hydrogens (tertiary/aromatic N) is 2. The van der Waals surface area contributed by atoms with Crippen molar-refractivity contribution in [3.63, 3.8) is 0 Å². The van der Waals surface area contributed by atoms with Gasteiger partial charge in [-0.3, -0.25) is 0 Å². The third-order valence-electron chi connectivity index (χ3n) is 16.2. The van der Waals surface area contributed by atoms with Gasteiger partial charge in [-0.2, -0.15) is 0 Å². The Morgan fingerprint density at radius 3 is 0.324 bits per heavy atom. The van der Waals surface area contributed by atoms with Crippen LogP contribution in [-0.4, -0.2) is 98.3 Å². The first-order valence-electron chi connectivity index (χ1n) is 36.8. The van der Waals surface area contributed by atoms with Gasteiger partial charge in [0.1, 0.15) is 0 Å². The van der Waals surface area contributed by atoms with Crippen LogP contribution in [-0.2, 0) is 231 Å². The number of quaternary nitrogens is 2. The minimum absolute atomic E-state index is 0. The fourth-order valence-electron chi connectivity index (χ4n) is 9.84. The van der Waals surface area contributed by atoms with Crippen molar-refractivity contribution >= 4 is 124 Å². The van der Waals surface area contributed by atoms with Crippen LogP contribution in [0, 0.1) is 41.5 Å². The van der Waals surface area contributed by atoms with Gasteiger partial charge in [0.2, 0.25) is 0 Å².